The van der Waals surface area contributed by atoms with Gasteiger partial charge >= 0.3 is 6.03 Å². The number of hydrogen-bond acceptors (Lipinski definition) is 4. The van der Waals surface area contributed by atoms with Crippen molar-refractivity contribution in [3.8, 4) is 0 Å². The van der Waals surface area contributed by atoms with Gasteiger partial charge in [0.15, 0.2) is 0 Å². The van der Waals surface area contributed by atoms with Gasteiger partial charge < -0.3 is 10.2 Å². The molecule has 1 N–H and O–H groups in total. The molecule has 1 saturated carbocycles. The van der Waals surface area contributed by atoms with Gasteiger partial charge in [-0.15, -0.1) is 11.3 Å². The largest absolute Gasteiger partial charge is 0.326 e. The number of fused-ring (bicyclic) bond motifs is 1. The van der Waals surface area contributed by atoms with Gasteiger partial charge in [-0.2, -0.15) is 0 Å². The zero-order chi connectivity index (χ0) is 19.8. The number of aromatic nitrogens is 1. The Morgan fingerprint density at radius 3 is 2.69 bits per heavy atom. The minimum Gasteiger partial charge on any atom is -0.320 e. The van der Waals surface area contributed by atoms with Gasteiger partial charge in [0.1, 0.15) is 5.82 Å². The Hall–Kier alpha value is -2.41. The van der Waals surface area contributed by atoms with Crippen molar-refractivity contribution in [2.75, 3.05) is 23.3 Å². The van der Waals surface area contributed by atoms with E-state index in [4.69, 9.17) is 0 Å². The minimum absolute atomic E-state index is 0.0605. The fraction of sp³-hybridized carbons (Fsp3) is 0.500. The van der Waals surface area contributed by atoms with Crippen LogP contribution in [0, 0.1) is 0 Å². The predicted octanol–water partition coefficient (Wildman–Crippen LogP) is 4.46. The Balaban J connectivity index is 1.24. The summed E-state index contributed by atoms with van der Waals surface area (Å²) in [6.45, 7) is 1.45. The maximum atomic E-state index is 12.8. The van der Waals surface area contributed by atoms with Crippen molar-refractivity contribution in [3.63, 3.8) is 0 Å². The van der Waals surface area contributed by atoms with Crippen LogP contribution in [0.1, 0.15) is 58.6 Å². The van der Waals surface area contributed by atoms with Crippen molar-refractivity contribution in [1.82, 2.24) is 9.88 Å². The average Bonchev–Trinajstić information content (AvgIpc) is 3.48. The molecule has 3 aliphatic rings. The molecule has 2 fully saturated rings. The zero-order valence-electron chi connectivity index (χ0n) is 16.5. The molecular weight excluding hydrogens is 384 g/mol. The first-order valence-corrected chi connectivity index (χ1v) is 11.5. The third-order valence-corrected chi connectivity index (χ3v) is 7.55. The molecule has 29 heavy (non-hydrogen) atoms. The van der Waals surface area contributed by atoms with E-state index in [0.29, 0.717) is 24.1 Å². The summed E-state index contributed by atoms with van der Waals surface area (Å²) < 4.78 is 0. The maximum Gasteiger partial charge on any atom is 0.326 e. The van der Waals surface area contributed by atoms with Crippen LogP contribution in [0.2, 0.25) is 0 Å². The molecule has 3 amide bonds. The average molecular weight is 411 g/mol. The van der Waals surface area contributed by atoms with Gasteiger partial charge in [0.25, 0.3) is 5.91 Å². The number of hydrogen-bond donors (Lipinski definition) is 1. The van der Waals surface area contributed by atoms with E-state index < -0.39 is 0 Å². The van der Waals surface area contributed by atoms with Gasteiger partial charge in [-0.3, -0.25) is 9.69 Å². The molecule has 7 heteroatoms. The monoisotopic (exact) mass is 410 g/mol. The maximum absolute atomic E-state index is 12.8. The van der Waals surface area contributed by atoms with E-state index >= 15 is 0 Å². The lowest BCUT2D eigenvalue weighted by Crippen LogP contribution is -2.38. The quantitative estimate of drug-likeness (QED) is 0.809. The fourth-order valence-corrected chi connectivity index (χ4v) is 5.89. The number of nitrogens with zero attached hydrogens (tertiary/aromatic N) is 3. The lowest BCUT2D eigenvalue weighted by Gasteiger charge is -2.23. The van der Waals surface area contributed by atoms with Crippen LogP contribution in [0.25, 0.3) is 0 Å². The van der Waals surface area contributed by atoms with E-state index in [0.717, 1.165) is 37.1 Å². The zero-order valence-corrected chi connectivity index (χ0v) is 17.3. The molecule has 0 radical (unpaired) electrons. The molecule has 1 aliphatic heterocycles. The molecule has 6 nitrogen and oxygen atoms in total. The molecule has 152 valence electrons. The molecule has 5 rings (SSSR count). The fourth-order valence-electron chi connectivity index (χ4n) is 4.74. The van der Waals surface area contributed by atoms with Crippen LogP contribution in [0.15, 0.2) is 24.4 Å². The normalized spacial score (nSPS) is 19.7. The summed E-state index contributed by atoms with van der Waals surface area (Å²) in [4.78, 5) is 35.7. The second-order valence-corrected chi connectivity index (χ2v) is 9.33. The summed E-state index contributed by atoms with van der Waals surface area (Å²) in [7, 11) is 0. The molecule has 0 aromatic carbocycles. The smallest absolute Gasteiger partial charge is 0.320 e. The van der Waals surface area contributed by atoms with Crippen LogP contribution in [0.3, 0.4) is 0 Å². The first kappa shape index (κ1) is 18.6. The number of anilines is 2. The molecule has 0 unspecified atom stereocenters. The van der Waals surface area contributed by atoms with Crippen LogP contribution in [0.5, 0.6) is 0 Å². The number of nitrogens with one attached hydrogen (secondary N) is 1. The third-order valence-electron chi connectivity index (χ3n) is 6.31. The highest BCUT2D eigenvalue weighted by molar-refractivity contribution is 7.14. The molecule has 0 bridgehead atoms. The van der Waals surface area contributed by atoms with E-state index in [1.807, 2.05) is 23.1 Å². The minimum atomic E-state index is -0.0800. The standard InChI is InChI=1S/C22H26N4O2S/c27-21(19-13-15-5-1-4-8-18(15)29-19)24-16-9-10-20(23-14-16)26-12-11-25(22(26)28)17-6-2-3-7-17/h9-10,13-14,17H,1-8,11-12H2,(H,24,27). The third kappa shape index (κ3) is 3.64. The Bertz CT molecular complexity index is 894. The Morgan fingerprint density at radius 1 is 1.10 bits per heavy atom. The summed E-state index contributed by atoms with van der Waals surface area (Å²) in [6.07, 6.45) is 10.9. The topological polar surface area (TPSA) is 65.5 Å². The molecule has 2 aliphatic carbocycles. The van der Waals surface area contributed by atoms with Gasteiger partial charge in [0.05, 0.1) is 16.8 Å². The van der Waals surface area contributed by atoms with Crippen LogP contribution >= 0.6 is 11.3 Å². The summed E-state index contributed by atoms with van der Waals surface area (Å²) in [5.74, 6) is 0.573. The van der Waals surface area contributed by atoms with Gasteiger partial charge in [-0.1, -0.05) is 12.8 Å². The molecule has 2 aromatic rings. The van der Waals surface area contributed by atoms with Crippen LogP contribution in [-0.4, -0.2) is 41.0 Å². The highest BCUT2D eigenvalue weighted by Crippen LogP contribution is 2.31. The van der Waals surface area contributed by atoms with Gasteiger partial charge in [-0.25, -0.2) is 9.78 Å². The predicted molar refractivity (Wildman–Crippen MR) is 115 cm³/mol. The first-order chi connectivity index (χ1) is 14.2. The Labute approximate surface area is 174 Å². The van der Waals surface area contributed by atoms with Crippen molar-refractivity contribution in [2.45, 2.75) is 57.4 Å². The lowest BCUT2D eigenvalue weighted by atomic mass is 9.99. The van der Waals surface area contributed by atoms with Crippen molar-refractivity contribution in [3.05, 3.63) is 39.7 Å². The van der Waals surface area contributed by atoms with Crippen LogP contribution in [-0.2, 0) is 12.8 Å². The molecule has 0 atom stereocenters. The van der Waals surface area contributed by atoms with Gasteiger partial charge in [0, 0.05) is 24.0 Å². The Morgan fingerprint density at radius 2 is 1.93 bits per heavy atom. The van der Waals surface area contributed by atoms with Crippen molar-refractivity contribution in [2.24, 2.45) is 0 Å². The molecule has 3 heterocycles. The van der Waals surface area contributed by atoms with Crippen LogP contribution < -0.4 is 10.2 Å². The highest BCUT2D eigenvalue weighted by Gasteiger charge is 2.36. The first-order valence-electron chi connectivity index (χ1n) is 10.7. The van der Waals surface area contributed by atoms with Crippen molar-refractivity contribution < 1.29 is 9.59 Å². The van der Waals surface area contributed by atoms with E-state index in [-0.39, 0.29) is 11.9 Å². The van der Waals surface area contributed by atoms with Crippen molar-refractivity contribution in [1.29, 1.82) is 0 Å². The summed E-state index contributed by atoms with van der Waals surface area (Å²) in [5, 5.41) is 2.95. The molecule has 1 saturated heterocycles. The van der Waals surface area contributed by atoms with Crippen LogP contribution in [0.4, 0.5) is 16.3 Å². The van der Waals surface area contributed by atoms with E-state index in [1.165, 1.54) is 36.1 Å². The lowest BCUT2D eigenvalue weighted by molar-refractivity contribution is 0.103. The number of thiophene rings is 1. The molecular formula is C22H26N4O2S. The highest BCUT2D eigenvalue weighted by atomic mass is 32.1. The number of carbonyl (C=O) groups excluding carboxylic acids is 2. The summed E-state index contributed by atoms with van der Waals surface area (Å²) in [5.41, 5.74) is 1.99. The van der Waals surface area contributed by atoms with E-state index in [1.54, 1.807) is 22.4 Å². The SMILES string of the molecule is O=C(Nc1ccc(N2CCN(C3CCCC3)C2=O)nc1)c1cc2c(s1)CCCC2. The number of aryl methyl sites for hydroxylation is 2. The molecule has 2 aromatic heterocycles. The number of pyridine rings is 1. The number of rotatable bonds is 4. The van der Waals surface area contributed by atoms with E-state index in [9.17, 15) is 9.59 Å². The van der Waals surface area contributed by atoms with E-state index in [2.05, 4.69) is 10.3 Å². The molecule has 0 spiro atoms. The Kier molecular flexibility index (Phi) is 4.99. The number of urea groups is 1. The van der Waals surface area contributed by atoms with Crippen molar-refractivity contribution >= 4 is 34.8 Å². The number of amides is 3. The van der Waals surface area contributed by atoms with Gasteiger partial charge in [-0.05, 0) is 62.3 Å². The summed E-state index contributed by atoms with van der Waals surface area (Å²) >= 11 is 1.61. The second-order valence-electron chi connectivity index (χ2n) is 8.19. The van der Waals surface area contributed by atoms with Gasteiger partial charge in [0.2, 0.25) is 0 Å². The summed E-state index contributed by atoms with van der Waals surface area (Å²) in [6, 6.07) is 6.15. The number of carbonyl (C=O) groups is 2. The second kappa shape index (κ2) is 7.78.